The first-order chi connectivity index (χ1) is 18.6. The van der Waals surface area contributed by atoms with E-state index < -0.39 is 29.8 Å². The van der Waals surface area contributed by atoms with E-state index in [1.807, 2.05) is 30.3 Å². The van der Waals surface area contributed by atoms with Crippen LogP contribution in [0, 0.1) is 6.92 Å². The average molecular weight is 556 g/mol. The lowest BCUT2D eigenvalue weighted by molar-refractivity contribution is -0.137. The van der Waals surface area contributed by atoms with E-state index in [2.05, 4.69) is 15.2 Å². The van der Waals surface area contributed by atoms with Gasteiger partial charge in [0.25, 0.3) is 11.5 Å². The number of rotatable bonds is 5. The summed E-state index contributed by atoms with van der Waals surface area (Å²) in [6.45, 7) is 3.68. The monoisotopic (exact) mass is 555 g/mol. The molecule has 3 heterocycles. The highest BCUT2D eigenvalue weighted by molar-refractivity contribution is 7.20. The molecule has 2 amide bonds. The van der Waals surface area contributed by atoms with Gasteiger partial charge in [-0.15, -0.1) is 11.3 Å². The second kappa shape index (κ2) is 10.5. The third-order valence-corrected chi connectivity index (χ3v) is 7.78. The van der Waals surface area contributed by atoms with Crippen molar-refractivity contribution in [1.29, 1.82) is 0 Å². The minimum Gasteiger partial charge on any atom is -0.368 e. The Bertz CT molecular complexity index is 1590. The van der Waals surface area contributed by atoms with Gasteiger partial charge in [-0.3, -0.25) is 19.0 Å². The van der Waals surface area contributed by atoms with Gasteiger partial charge in [0.05, 0.1) is 22.2 Å². The molecule has 2 aromatic heterocycles. The number of amides is 2. The molecule has 4 aromatic rings. The molecule has 1 fully saturated rings. The highest BCUT2D eigenvalue weighted by atomic mass is 32.1. The number of para-hydroxylation sites is 1. The Hall–Kier alpha value is -4.19. The topological polar surface area (TPSA) is 87.5 Å². The largest absolute Gasteiger partial charge is 0.416 e. The van der Waals surface area contributed by atoms with Crippen LogP contribution in [0.25, 0.3) is 10.2 Å². The van der Waals surface area contributed by atoms with Gasteiger partial charge in [-0.05, 0) is 42.8 Å². The van der Waals surface area contributed by atoms with Crippen LogP contribution in [0.3, 0.4) is 0 Å². The van der Waals surface area contributed by atoms with E-state index in [4.69, 9.17) is 0 Å². The lowest BCUT2D eigenvalue weighted by Gasteiger charge is -2.36. The smallest absolute Gasteiger partial charge is 0.368 e. The number of carbonyl (C=O) groups is 2. The number of halogens is 3. The predicted octanol–water partition coefficient (Wildman–Crippen LogP) is 4.39. The molecule has 1 saturated heterocycles. The minimum absolute atomic E-state index is 0.0381. The summed E-state index contributed by atoms with van der Waals surface area (Å²) in [5, 5.41) is 2.64. The van der Waals surface area contributed by atoms with Gasteiger partial charge >= 0.3 is 6.18 Å². The van der Waals surface area contributed by atoms with Crippen LogP contribution in [0.2, 0.25) is 0 Å². The van der Waals surface area contributed by atoms with Gasteiger partial charge < -0.3 is 15.1 Å². The number of benzene rings is 2. The van der Waals surface area contributed by atoms with Crippen LogP contribution in [0.15, 0.2) is 65.7 Å². The summed E-state index contributed by atoms with van der Waals surface area (Å²) in [6.07, 6.45) is -3.34. The SMILES string of the molecule is Cc1c(C(=O)N2CCN(c3ccccc3)CC2)sc2ncn(CC(=O)Nc3cccc(C(F)(F)F)c3)c(=O)c12. The summed E-state index contributed by atoms with van der Waals surface area (Å²) in [4.78, 5) is 48.1. The summed E-state index contributed by atoms with van der Waals surface area (Å²) in [5.74, 6) is -0.852. The number of aromatic nitrogens is 2. The van der Waals surface area contributed by atoms with Gasteiger partial charge in [-0.1, -0.05) is 24.3 Å². The van der Waals surface area contributed by atoms with Crippen LogP contribution in [0.1, 0.15) is 20.8 Å². The number of fused-ring (bicyclic) bond motifs is 1. The molecule has 2 aromatic carbocycles. The van der Waals surface area contributed by atoms with Crippen LogP contribution >= 0.6 is 11.3 Å². The number of aryl methyl sites for hydroxylation is 1. The lowest BCUT2D eigenvalue weighted by Crippen LogP contribution is -2.48. The van der Waals surface area contributed by atoms with Crippen molar-refractivity contribution in [2.24, 2.45) is 0 Å². The summed E-state index contributed by atoms with van der Waals surface area (Å²) in [7, 11) is 0. The van der Waals surface area contributed by atoms with Crippen LogP contribution in [-0.4, -0.2) is 52.4 Å². The zero-order valence-electron chi connectivity index (χ0n) is 20.9. The molecule has 1 N–H and O–H groups in total. The van der Waals surface area contributed by atoms with Gasteiger partial charge in [-0.25, -0.2) is 4.98 Å². The molecule has 8 nitrogen and oxygen atoms in total. The van der Waals surface area contributed by atoms with Gasteiger partial charge in [0.2, 0.25) is 5.91 Å². The number of hydrogen-bond donors (Lipinski definition) is 1. The molecule has 0 aliphatic carbocycles. The normalized spacial score (nSPS) is 14.1. The zero-order chi connectivity index (χ0) is 27.7. The molecule has 202 valence electrons. The van der Waals surface area contributed by atoms with E-state index in [0.717, 1.165) is 33.7 Å². The maximum atomic E-state index is 13.3. The van der Waals surface area contributed by atoms with Crippen molar-refractivity contribution in [2.75, 3.05) is 36.4 Å². The van der Waals surface area contributed by atoms with Gasteiger partial charge in [0, 0.05) is 37.6 Å². The fraction of sp³-hybridized carbons (Fsp3) is 0.259. The lowest BCUT2D eigenvalue weighted by atomic mass is 10.2. The molecule has 12 heteroatoms. The Morgan fingerprint density at radius 1 is 1.03 bits per heavy atom. The number of carbonyl (C=O) groups excluding carboxylic acids is 2. The van der Waals surface area contributed by atoms with Crippen LogP contribution in [-0.2, 0) is 17.5 Å². The quantitative estimate of drug-likeness (QED) is 0.395. The average Bonchev–Trinajstić information content (AvgIpc) is 3.27. The molecular formula is C27H24F3N5O3S. The highest BCUT2D eigenvalue weighted by Crippen LogP contribution is 2.31. The van der Waals surface area contributed by atoms with E-state index >= 15 is 0 Å². The predicted molar refractivity (Wildman–Crippen MR) is 143 cm³/mol. The van der Waals surface area contributed by atoms with Crippen molar-refractivity contribution in [2.45, 2.75) is 19.6 Å². The van der Waals surface area contributed by atoms with Crippen molar-refractivity contribution < 1.29 is 22.8 Å². The van der Waals surface area contributed by atoms with Crippen molar-refractivity contribution >= 4 is 44.7 Å². The highest BCUT2D eigenvalue weighted by Gasteiger charge is 2.31. The van der Waals surface area contributed by atoms with E-state index in [-0.39, 0.29) is 17.0 Å². The van der Waals surface area contributed by atoms with E-state index in [0.29, 0.717) is 41.5 Å². The maximum absolute atomic E-state index is 13.3. The summed E-state index contributed by atoms with van der Waals surface area (Å²) < 4.78 is 40.0. The molecule has 0 atom stereocenters. The molecule has 0 spiro atoms. The maximum Gasteiger partial charge on any atom is 0.416 e. The zero-order valence-corrected chi connectivity index (χ0v) is 21.7. The van der Waals surface area contributed by atoms with E-state index in [1.54, 1.807) is 11.8 Å². The molecule has 39 heavy (non-hydrogen) atoms. The van der Waals surface area contributed by atoms with Crippen molar-refractivity contribution in [3.63, 3.8) is 0 Å². The molecule has 0 bridgehead atoms. The molecular weight excluding hydrogens is 531 g/mol. The van der Waals surface area contributed by atoms with Crippen molar-refractivity contribution in [3.8, 4) is 0 Å². The van der Waals surface area contributed by atoms with Gasteiger partial charge in [0.1, 0.15) is 11.4 Å². The molecule has 0 radical (unpaired) electrons. The standard InChI is InChI=1S/C27H24F3N5O3S/c1-17-22-24(39-23(17)26(38)34-12-10-33(11-13-34)20-8-3-2-4-9-20)31-16-35(25(22)37)15-21(36)32-19-7-5-6-18(14-19)27(28,29)30/h2-9,14,16H,10-13,15H2,1H3,(H,32,36). The Morgan fingerprint density at radius 3 is 2.44 bits per heavy atom. The number of nitrogens with zero attached hydrogens (tertiary/aromatic N) is 4. The summed E-state index contributed by atoms with van der Waals surface area (Å²) in [5.41, 5.74) is 0.165. The number of hydrogen-bond acceptors (Lipinski definition) is 6. The second-order valence-electron chi connectivity index (χ2n) is 9.16. The summed E-state index contributed by atoms with van der Waals surface area (Å²) >= 11 is 1.13. The first-order valence-corrected chi connectivity index (χ1v) is 13.0. The third kappa shape index (κ3) is 5.51. The van der Waals surface area contributed by atoms with Crippen LogP contribution in [0.5, 0.6) is 0 Å². The van der Waals surface area contributed by atoms with Crippen molar-refractivity contribution in [3.05, 3.63) is 87.3 Å². The van der Waals surface area contributed by atoms with Gasteiger partial charge in [-0.2, -0.15) is 13.2 Å². The Labute approximate surface area is 225 Å². The van der Waals surface area contributed by atoms with E-state index in [1.165, 1.54) is 18.5 Å². The number of nitrogens with one attached hydrogen (secondary N) is 1. The molecule has 0 unspecified atom stereocenters. The fourth-order valence-corrected chi connectivity index (χ4v) is 5.66. The fourth-order valence-electron chi connectivity index (χ4n) is 4.55. The molecule has 0 saturated carbocycles. The Kier molecular flexibility index (Phi) is 7.13. The number of alkyl halides is 3. The van der Waals surface area contributed by atoms with E-state index in [9.17, 15) is 27.6 Å². The van der Waals surface area contributed by atoms with Crippen LogP contribution in [0.4, 0.5) is 24.5 Å². The third-order valence-electron chi connectivity index (χ3n) is 6.59. The Balaban J connectivity index is 1.30. The molecule has 1 aliphatic rings. The first-order valence-electron chi connectivity index (χ1n) is 12.2. The second-order valence-corrected chi connectivity index (χ2v) is 10.2. The summed E-state index contributed by atoms with van der Waals surface area (Å²) in [6, 6.07) is 14.2. The minimum atomic E-state index is -4.55. The number of thiophene rings is 1. The first kappa shape index (κ1) is 26.4. The van der Waals surface area contributed by atoms with Crippen molar-refractivity contribution in [1.82, 2.24) is 14.5 Å². The molecule has 1 aliphatic heterocycles. The molecule has 5 rings (SSSR count). The van der Waals surface area contributed by atoms with Crippen LogP contribution < -0.4 is 15.8 Å². The Morgan fingerprint density at radius 2 is 1.74 bits per heavy atom. The van der Waals surface area contributed by atoms with Gasteiger partial charge in [0.15, 0.2) is 0 Å². The number of piperazine rings is 1. The number of anilines is 2.